The van der Waals surface area contributed by atoms with Crippen LogP contribution in [0.4, 0.5) is 0 Å². The molecule has 0 aromatic heterocycles. The molecule has 0 fully saturated rings. The molecular weight excluding hydrogens is 383 g/mol. The third kappa shape index (κ3) is 6.56. The van der Waals surface area contributed by atoms with Gasteiger partial charge in [0.2, 0.25) is 11.8 Å². The van der Waals surface area contributed by atoms with Crippen molar-refractivity contribution in [3.05, 3.63) is 69.7 Å². The number of nitrogens with one attached hydrogen (secondary N) is 1. The largest absolute Gasteiger partial charge is 0.350 e. The number of benzene rings is 2. The smallest absolute Gasteiger partial charge is 0.242 e. The molecule has 144 valence electrons. The van der Waals surface area contributed by atoms with Crippen LogP contribution in [0.3, 0.4) is 0 Å². The van der Waals surface area contributed by atoms with Crippen molar-refractivity contribution in [2.24, 2.45) is 0 Å². The summed E-state index contributed by atoms with van der Waals surface area (Å²) in [6.07, 6.45) is 1.14. The fraction of sp³-hybridized carbons (Fsp3) is 0.333. The van der Waals surface area contributed by atoms with E-state index in [1.54, 1.807) is 36.1 Å². The van der Waals surface area contributed by atoms with Crippen molar-refractivity contribution in [2.45, 2.75) is 45.8 Å². The zero-order valence-electron chi connectivity index (χ0n) is 15.5. The molecule has 0 aliphatic carbocycles. The van der Waals surface area contributed by atoms with E-state index < -0.39 is 6.04 Å². The zero-order valence-corrected chi connectivity index (χ0v) is 17.1. The van der Waals surface area contributed by atoms with E-state index in [0.717, 1.165) is 17.5 Å². The van der Waals surface area contributed by atoms with Crippen LogP contribution in [0.5, 0.6) is 0 Å². The lowest BCUT2D eigenvalue weighted by Crippen LogP contribution is -2.47. The van der Waals surface area contributed by atoms with E-state index in [1.807, 2.05) is 31.2 Å². The first-order valence-electron chi connectivity index (χ1n) is 8.96. The van der Waals surface area contributed by atoms with Crippen LogP contribution in [0, 0.1) is 0 Å². The van der Waals surface area contributed by atoms with Crippen LogP contribution in [0.2, 0.25) is 10.0 Å². The van der Waals surface area contributed by atoms with Crippen molar-refractivity contribution in [1.82, 2.24) is 10.2 Å². The van der Waals surface area contributed by atoms with Crippen LogP contribution in [0.1, 0.15) is 37.8 Å². The van der Waals surface area contributed by atoms with Gasteiger partial charge in [0, 0.05) is 29.6 Å². The quantitative estimate of drug-likeness (QED) is 0.682. The van der Waals surface area contributed by atoms with E-state index >= 15 is 0 Å². The number of rotatable bonds is 8. The van der Waals surface area contributed by atoms with Crippen molar-refractivity contribution in [3.8, 4) is 0 Å². The number of halogens is 2. The van der Waals surface area contributed by atoms with Crippen LogP contribution in [0.15, 0.2) is 48.5 Å². The number of hydrogen-bond donors (Lipinski definition) is 1. The predicted molar refractivity (Wildman–Crippen MR) is 110 cm³/mol. The lowest BCUT2D eigenvalue weighted by atomic mass is 10.1. The minimum absolute atomic E-state index is 0.0402. The Morgan fingerprint density at radius 3 is 2.00 bits per heavy atom. The molecule has 6 heteroatoms. The van der Waals surface area contributed by atoms with Crippen LogP contribution >= 0.6 is 23.2 Å². The minimum atomic E-state index is -0.577. The van der Waals surface area contributed by atoms with Gasteiger partial charge in [0.15, 0.2) is 0 Å². The predicted octanol–water partition coefficient (Wildman–Crippen LogP) is 4.83. The van der Waals surface area contributed by atoms with Crippen molar-refractivity contribution in [1.29, 1.82) is 0 Å². The van der Waals surface area contributed by atoms with Crippen LogP contribution in [0.25, 0.3) is 0 Å². The van der Waals surface area contributed by atoms with Gasteiger partial charge in [-0.1, -0.05) is 54.4 Å². The summed E-state index contributed by atoms with van der Waals surface area (Å²) in [5.41, 5.74) is 1.88. The molecule has 0 unspecified atom stereocenters. The summed E-state index contributed by atoms with van der Waals surface area (Å²) in [7, 11) is 0. The maximum Gasteiger partial charge on any atom is 0.242 e. The lowest BCUT2D eigenvalue weighted by Gasteiger charge is -2.29. The summed E-state index contributed by atoms with van der Waals surface area (Å²) in [6, 6.07) is 14.0. The maximum absolute atomic E-state index is 12.6. The molecule has 0 bridgehead atoms. The number of amides is 2. The van der Waals surface area contributed by atoms with E-state index in [-0.39, 0.29) is 11.8 Å². The Balaban J connectivity index is 2.05. The minimum Gasteiger partial charge on any atom is -0.350 e. The van der Waals surface area contributed by atoms with Gasteiger partial charge in [-0.2, -0.15) is 0 Å². The highest BCUT2D eigenvalue weighted by Gasteiger charge is 2.25. The second-order valence-corrected chi connectivity index (χ2v) is 7.29. The summed E-state index contributed by atoms with van der Waals surface area (Å²) in [6.45, 7) is 4.45. The standard InChI is InChI=1S/C21H24Cl2N2O2/c1-3-4-20(26)25(14-17-7-11-19(23)12-8-17)15(2)21(27)24-13-16-5-9-18(22)10-6-16/h5-12,15H,3-4,13-14H2,1-2H3,(H,24,27)/t15-/m1/s1. The molecule has 0 aliphatic heterocycles. The number of carbonyl (C=O) groups excluding carboxylic acids is 2. The van der Waals surface area contributed by atoms with Gasteiger partial charge in [-0.15, -0.1) is 0 Å². The summed E-state index contributed by atoms with van der Waals surface area (Å²) >= 11 is 11.8. The molecule has 2 aromatic carbocycles. The van der Waals surface area contributed by atoms with Crippen molar-refractivity contribution < 1.29 is 9.59 Å². The first-order valence-corrected chi connectivity index (χ1v) is 9.72. The van der Waals surface area contributed by atoms with Gasteiger partial charge >= 0.3 is 0 Å². The third-order valence-electron chi connectivity index (χ3n) is 4.28. The molecule has 4 nitrogen and oxygen atoms in total. The molecule has 0 spiro atoms. The average molecular weight is 407 g/mol. The van der Waals surface area contributed by atoms with Gasteiger partial charge in [0.1, 0.15) is 6.04 Å². The van der Waals surface area contributed by atoms with Crippen LogP contribution < -0.4 is 5.32 Å². The van der Waals surface area contributed by atoms with Crippen LogP contribution in [-0.2, 0) is 22.7 Å². The summed E-state index contributed by atoms with van der Waals surface area (Å²) in [4.78, 5) is 26.8. The fourth-order valence-electron chi connectivity index (χ4n) is 2.67. The molecule has 0 heterocycles. The summed E-state index contributed by atoms with van der Waals surface area (Å²) < 4.78 is 0. The average Bonchev–Trinajstić information content (AvgIpc) is 2.66. The van der Waals surface area contributed by atoms with Gasteiger partial charge in [-0.3, -0.25) is 9.59 Å². The van der Waals surface area contributed by atoms with E-state index in [9.17, 15) is 9.59 Å². The van der Waals surface area contributed by atoms with Crippen molar-refractivity contribution >= 4 is 35.0 Å². The SMILES string of the molecule is CCCC(=O)N(Cc1ccc(Cl)cc1)[C@H](C)C(=O)NCc1ccc(Cl)cc1. The second kappa shape index (κ2) is 10.3. The Hall–Kier alpha value is -2.04. The van der Waals surface area contributed by atoms with E-state index in [2.05, 4.69) is 5.32 Å². The molecule has 27 heavy (non-hydrogen) atoms. The van der Waals surface area contributed by atoms with Crippen molar-refractivity contribution in [3.63, 3.8) is 0 Å². The van der Waals surface area contributed by atoms with E-state index in [4.69, 9.17) is 23.2 Å². The molecule has 0 saturated carbocycles. The molecule has 2 rings (SSSR count). The Bertz CT molecular complexity index is 761. The molecule has 0 radical (unpaired) electrons. The number of carbonyl (C=O) groups is 2. The highest BCUT2D eigenvalue weighted by atomic mass is 35.5. The topological polar surface area (TPSA) is 49.4 Å². The summed E-state index contributed by atoms with van der Waals surface area (Å²) in [5, 5.41) is 4.18. The summed E-state index contributed by atoms with van der Waals surface area (Å²) in [5.74, 6) is -0.232. The molecule has 1 N–H and O–H groups in total. The lowest BCUT2D eigenvalue weighted by molar-refractivity contribution is -0.140. The molecular formula is C21H24Cl2N2O2. The maximum atomic E-state index is 12.6. The van der Waals surface area contributed by atoms with Gasteiger partial charge in [-0.25, -0.2) is 0 Å². The highest BCUT2D eigenvalue weighted by Crippen LogP contribution is 2.15. The van der Waals surface area contributed by atoms with Gasteiger partial charge in [0.05, 0.1) is 0 Å². The number of nitrogens with zero attached hydrogens (tertiary/aromatic N) is 1. The number of hydrogen-bond acceptors (Lipinski definition) is 2. The molecule has 0 saturated heterocycles. The Morgan fingerprint density at radius 1 is 0.963 bits per heavy atom. The first kappa shape index (κ1) is 21.3. The second-order valence-electron chi connectivity index (χ2n) is 6.42. The normalized spacial score (nSPS) is 11.7. The van der Waals surface area contributed by atoms with Gasteiger partial charge in [-0.05, 0) is 48.7 Å². The molecule has 2 aromatic rings. The van der Waals surface area contributed by atoms with Gasteiger partial charge in [0.25, 0.3) is 0 Å². The highest BCUT2D eigenvalue weighted by molar-refractivity contribution is 6.30. The third-order valence-corrected chi connectivity index (χ3v) is 4.78. The molecule has 2 amide bonds. The van der Waals surface area contributed by atoms with E-state index in [1.165, 1.54) is 0 Å². The fourth-order valence-corrected chi connectivity index (χ4v) is 2.92. The van der Waals surface area contributed by atoms with Crippen molar-refractivity contribution in [2.75, 3.05) is 0 Å². The van der Waals surface area contributed by atoms with Crippen LogP contribution in [-0.4, -0.2) is 22.8 Å². The Kier molecular flexibility index (Phi) is 8.14. The Labute approximate surface area is 170 Å². The molecule has 1 atom stereocenters. The first-order chi connectivity index (χ1) is 12.9. The molecule has 0 aliphatic rings. The Morgan fingerprint density at radius 2 is 1.48 bits per heavy atom. The van der Waals surface area contributed by atoms with Gasteiger partial charge < -0.3 is 10.2 Å². The van der Waals surface area contributed by atoms with E-state index in [0.29, 0.717) is 29.6 Å². The monoisotopic (exact) mass is 406 g/mol. The zero-order chi connectivity index (χ0) is 19.8.